The van der Waals surface area contributed by atoms with Crippen LogP contribution < -0.4 is 4.72 Å². The van der Waals surface area contributed by atoms with Crippen LogP contribution in [0.4, 0.5) is 0 Å². The maximum Gasteiger partial charge on any atom is 0.304 e. The van der Waals surface area contributed by atoms with E-state index in [-0.39, 0.29) is 24.5 Å². The molecule has 0 aromatic carbocycles. The molecule has 0 aliphatic carbocycles. The van der Waals surface area contributed by atoms with Crippen LogP contribution in [0, 0.1) is 0 Å². The maximum atomic E-state index is 12.4. The van der Waals surface area contributed by atoms with Crippen molar-refractivity contribution in [3.05, 3.63) is 0 Å². The van der Waals surface area contributed by atoms with Gasteiger partial charge in [0.1, 0.15) is 6.04 Å². The third-order valence-corrected chi connectivity index (χ3v) is 6.68. The Bertz CT molecular complexity index is 431. The van der Waals surface area contributed by atoms with Crippen molar-refractivity contribution in [2.75, 3.05) is 13.1 Å². The van der Waals surface area contributed by atoms with Crippen molar-refractivity contribution in [2.24, 2.45) is 0 Å². The number of amides is 1. The monoisotopic (exact) mass is 311 g/mol. The molecule has 1 amide bonds. The highest BCUT2D eigenvalue weighted by atomic mass is 32.2. The van der Waals surface area contributed by atoms with Crippen LogP contribution in [0.3, 0.4) is 0 Å². The fourth-order valence-electron chi connectivity index (χ4n) is 2.52. The van der Waals surface area contributed by atoms with Crippen LogP contribution in [0.1, 0.15) is 26.2 Å². The Balaban J connectivity index is 2.29. The maximum absolute atomic E-state index is 12.4. The number of carbonyl (C=O) groups is 1. The highest BCUT2D eigenvalue weighted by Crippen LogP contribution is 2.36. The minimum atomic E-state index is -3.63. The van der Waals surface area contributed by atoms with Gasteiger partial charge in [-0.25, -0.2) is 4.31 Å². The molecule has 2 fully saturated rings. The first-order valence-corrected chi connectivity index (χ1v) is 10.3. The Hall–Kier alpha value is 0.200. The molecular formula is C9H19N3O3P2S. The molecule has 2 aliphatic heterocycles. The molecule has 2 saturated heterocycles. The van der Waals surface area contributed by atoms with E-state index < -0.39 is 10.2 Å². The number of hydrogen-bond donors (Lipinski definition) is 1. The van der Waals surface area contributed by atoms with Gasteiger partial charge >= 0.3 is 10.2 Å². The molecule has 0 aromatic heterocycles. The van der Waals surface area contributed by atoms with E-state index in [0.717, 1.165) is 23.7 Å². The summed E-state index contributed by atoms with van der Waals surface area (Å²) in [5.74, 6) is -0.268. The Morgan fingerprint density at radius 1 is 1.56 bits per heavy atom. The summed E-state index contributed by atoms with van der Waals surface area (Å²) < 4.78 is 29.7. The first-order valence-electron chi connectivity index (χ1n) is 6.08. The van der Waals surface area contributed by atoms with Gasteiger partial charge in [-0.2, -0.15) is 13.1 Å². The van der Waals surface area contributed by atoms with E-state index in [1.165, 1.54) is 0 Å². The topological polar surface area (TPSA) is 69.7 Å². The molecular weight excluding hydrogens is 292 g/mol. The quantitative estimate of drug-likeness (QED) is 0.761. The predicted octanol–water partition coefficient (Wildman–Crippen LogP) is 0.290. The van der Waals surface area contributed by atoms with E-state index in [9.17, 15) is 13.2 Å². The molecule has 18 heavy (non-hydrogen) atoms. The molecule has 0 saturated carbocycles. The zero-order valence-electron chi connectivity index (χ0n) is 10.3. The van der Waals surface area contributed by atoms with Gasteiger partial charge in [0.15, 0.2) is 0 Å². The molecule has 9 heteroatoms. The summed E-state index contributed by atoms with van der Waals surface area (Å²) in [7, 11) is -0.553. The fraction of sp³-hybridized carbons (Fsp3) is 0.889. The summed E-state index contributed by atoms with van der Waals surface area (Å²) in [6.45, 7) is 2.98. The molecule has 6 nitrogen and oxygen atoms in total. The minimum Gasteiger partial charge on any atom is -0.272 e. The van der Waals surface area contributed by atoms with Crippen molar-refractivity contribution in [1.29, 1.82) is 0 Å². The number of rotatable bonds is 3. The highest BCUT2D eigenvalue weighted by Gasteiger charge is 2.47. The molecule has 2 aliphatic rings. The lowest BCUT2D eigenvalue weighted by Gasteiger charge is -2.45. The van der Waals surface area contributed by atoms with Gasteiger partial charge in [0.2, 0.25) is 0 Å². The molecule has 0 aromatic rings. The van der Waals surface area contributed by atoms with Gasteiger partial charge in [-0.05, 0) is 27.7 Å². The van der Waals surface area contributed by atoms with Gasteiger partial charge in [0.25, 0.3) is 5.91 Å². The van der Waals surface area contributed by atoms with E-state index in [1.807, 2.05) is 6.92 Å². The largest absolute Gasteiger partial charge is 0.304 e. The van der Waals surface area contributed by atoms with Crippen LogP contribution in [-0.4, -0.2) is 48.5 Å². The number of carbonyl (C=O) groups excluding carboxylic acids is 1. The number of nitrogens with zero attached hydrogens (tertiary/aromatic N) is 2. The van der Waals surface area contributed by atoms with E-state index in [1.54, 1.807) is 0 Å². The average molecular weight is 311 g/mol. The zero-order valence-corrected chi connectivity index (χ0v) is 13.3. The number of hydrogen-bond acceptors (Lipinski definition) is 4. The van der Waals surface area contributed by atoms with Crippen LogP contribution in [0.5, 0.6) is 0 Å². The van der Waals surface area contributed by atoms with E-state index in [2.05, 4.69) is 18.3 Å². The Kier molecular flexibility index (Phi) is 4.61. The van der Waals surface area contributed by atoms with E-state index >= 15 is 0 Å². The third kappa shape index (κ3) is 2.56. The lowest BCUT2D eigenvalue weighted by molar-refractivity contribution is -0.133. The first-order chi connectivity index (χ1) is 8.51. The van der Waals surface area contributed by atoms with Crippen LogP contribution in [-0.2, 0) is 15.0 Å². The number of piperidine rings is 1. The molecule has 2 heterocycles. The van der Waals surface area contributed by atoms with Gasteiger partial charge in [0, 0.05) is 19.1 Å². The van der Waals surface area contributed by atoms with Gasteiger partial charge in [0.05, 0.1) is 0 Å². The second kappa shape index (κ2) is 5.68. The molecule has 0 radical (unpaired) electrons. The molecule has 4 atom stereocenters. The van der Waals surface area contributed by atoms with Crippen molar-refractivity contribution in [1.82, 2.24) is 13.7 Å². The summed E-state index contributed by atoms with van der Waals surface area (Å²) in [6.07, 6.45) is 2.29. The van der Waals surface area contributed by atoms with Gasteiger partial charge < -0.3 is 0 Å². The average Bonchev–Trinajstić information content (AvgIpc) is 2.33. The van der Waals surface area contributed by atoms with E-state index in [0.29, 0.717) is 14.8 Å². The first kappa shape index (κ1) is 14.6. The zero-order chi connectivity index (χ0) is 13.3. The van der Waals surface area contributed by atoms with Crippen molar-refractivity contribution < 1.29 is 13.2 Å². The van der Waals surface area contributed by atoms with Crippen molar-refractivity contribution in [2.45, 2.75) is 38.3 Å². The SMILES string of the molecule is CCCN1C(=O)C2C(CCCN2PP)NS1(=O)=O. The molecule has 0 bridgehead atoms. The Morgan fingerprint density at radius 3 is 2.89 bits per heavy atom. The van der Waals surface area contributed by atoms with E-state index in [4.69, 9.17) is 0 Å². The highest BCUT2D eigenvalue weighted by molar-refractivity contribution is 8.01. The van der Waals surface area contributed by atoms with Gasteiger partial charge in [-0.15, -0.1) is 0 Å². The van der Waals surface area contributed by atoms with Crippen molar-refractivity contribution in [3.63, 3.8) is 0 Å². The summed E-state index contributed by atoms with van der Waals surface area (Å²) >= 11 is 0. The Labute approximate surface area is 112 Å². The smallest absolute Gasteiger partial charge is 0.272 e. The summed E-state index contributed by atoms with van der Waals surface area (Å²) in [6, 6.07) is -0.595. The molecule has 104 valence electrons. The standard InChI is InChI=1S/C9H19N3O3P2S/c1-2-5-12-9(13)8-7(10-18(12,14)15)4-3-6-11(8)17-16/h7-8,10,17H,2-6,16H2,1H3. The second-order valence-electron chi connectivity index (χ2n) is 4.55. The van der Waals surface area contributed by atoms with Crippen LogP contribution in [0.2, 0.25) is 0 Å². The Morgan fingerprint density at radius 2 is 2.28 bits per heavy atom. The van der Waals surface area contributed by atoms with Crippen LogP contribution in [0.25, 0.3) is 0 Å². The summed E-state index contributed by atoms with van der Waals surface area (Å²) in [5.41, 5.74) is 0. The van der Waals surface area contributed by atoms with Crippen molar-refractivity contribution >= 4 is 33.5 Å². The fourth-order valence-corrected chi connectivity index (χ4v) is 5.66. The molecule has 0 spiro atoms. The number of fused-ring (bicyclic) bond motifs is 1. The summed E-state index contributed by atoms with van der Waals surface area (Å²) in [5, 5.41) is 0. The summed E-state index contributed by atoms with van der Waals surface area (Å²) in [4.78, 5) is 12.4. The number of nitrogens with one attached hydrogen (secondary N) is 1. The molecule has 4 unspecified atom stereocenters. The van der Waals surface area contributed by atoms with Crippen LogP contribution in [0.15, 0.2) is 0 Å². The van der Waals surface area contributed by atoms with Crippen molar-refractivity contribution in [3.8, 4) is 0 Å². The lowest BCUT2D eigenvalue weighted by Crippen LogP contribution is -2.67. The third-order valence-electron chi connectivity index (χ3n) is 3.31. The predicted molar refractivity (Wildman–Crippen MR) is 75.6 cm³/mol. The van der Waals surface area contributed by atoms with Gasteiger partial charge in [-0.1, -0.05) is 15.9 Å². The second-order valence-corrected chi connectivity index (χ2v) is 7.78. The molecule has 2 rings (SSSR count). The van der Waals surface area contributed by atoms with Crippen LogP contribution >= 0.6 is 17.3 Å². The lowest BCUT2D eigenvalue weighted by atomic mass is 9.98. The normalized spacial score (nSPS) is 33.0. The van der Waals surface area contributed by atoms with Gasteiger partial charge in [-0.3, -0.25) is 9.46 Å². The minimum absolute atomic E-state index is 0.255. The molecule has 1 N–H and O–H groups in total.